The van der Waals surface area contributed by atoms with Gasteiger partial charge in [0, 0.05) is 22.9 Å². The number of nitrogens with zero attached hydrogens (tertiary/aromatic N) is 1. The lowest BCUT2D eigenvalue weighted by molar-refractivity contribution is -0.117. The number of ketones is 1. The second-order valence-corrected chi connectivity index (χ2v) is 7.82. The number of hydrogen-bond donors (Lipinski definition) is 0. The van der Waals surface area contributed by atoms with E-state index in [1.807, 2.05) is 47.0 Å². The summed E-state index contributed by atoms with van der Waals surface area (Å²) in [6.07, 6.45) is 0.315. The average molecular weight is 379 g/mol. The first-order valence-corrected chi connectivity index (χ1v) is 9.89. The highest BCUT2D eigenvalue weighted by Gasteiger charge is 2.34. The summed E-state index contributed by atoms with van der Waals surface area (Å²) in [5, 5.41) is 1.64. The second kappa shape index (κ2) is 6.56. The van der Waals surface area contributed by atoms with Crippen LogP contribution in [0.1, 0.15) is 30.5 Å². The van der Waals surface area contributed by atoms with Crippen LogP contribution >= 0.6 is 0 Å². The number of aromatic nitrogens is 1. The number of rotatable bonds is 3. The lowest BCUT2D eigenvalue weighted by Gasteiger charge is -2.18. The predicted molar refractivity (Wildman–Crippen MR) is 117 cm³/mol. The van der Waals surface area contributed by atoms with Gasteiger partial charge in [-0.05, 0) is 42.5 Å². The van der Waals surface area contributed by atoms with E-state index in [1.165, 1.54) is 0 Å². The molecule has 3 nitrogen and oxygen atoms in total. The van der Waals surface area contributed by atoms with Crippen LogP contribution in [0.25, 0.3) is 33.2 Å². The van der Waals surface area contributed by atoms with Gasteiger partial charge in [-0.1, -0.05) is 66.2 Å². The Morgan fingerprint density at radius 3 is 2.34 bits per heavy atom. The van der Waals surface area contributed by atoms with E-state index in [4.69, 9.17) is 0 Å². The maximum absolute atomic E-state index is 13.6. The SMILES string of the molecule is CC(=O)CC1c2ccc(C)cc2-c2c(-c3ccccc3)c3ccccc3c(=O)n21. The second-order valence-electron chi connectivity index (χ2n) is 7.82. The number of carbonyl (C=O) groups is 1. The van der Waals surface area contributed by atoms with E-state index in [-0.39, 0.29) is 17.4 Å². The molecule has 0 radical (unpaired) electrons. The fourth-order valence-electron chi connectivity index (χ4n) is 4.60. The van der Waals surface area contributed by atoms with Crippen molar-refractivity contribution in [2.45, 2.75) is 26.3 Å². The third-order valence-corrected chi connectivity index (χ3v) is 5.80. The van der Waals surface area contributed by atoms with Gasteiger partial charge in [0.15, 0.2) is 0 Å². The molecule has 4 aromatic rings. The Bertz CT molecular complexity index is 1330. The minimum atomic E-state index is -0.266. The van der Waals surface area contributed by atoms with E-state index in [9.17, 15) is 9.59 Å². The fourth-order valence-corrected chi connectivity index (χ4v) is 4.60. The number of fused-ring (bicyclic) bond motifs is 4. The molecule has 1 aliphatic heterocycles. The van der Waals surface area contributed by atoms with Crippen LogP contribution in [0.5, 0.6) is 0 Å². The Balaban J connectivity index is 1.99. The van der Waals surface area contributed by atoms with Crippen LogP contribution in [0, 0.1) is 6.92 Å². The van der Waals surface area contributed by atoms with Gasteiger partial charge in [0.1, 0.15) is 5.78 Å². The molecule has 0 saturated carbocycles. The van der Waals surface area contributed by atoms with Gasteiger partial charge in [-0.3, -0.25) is 14.2 Å². The van der Waals surface area contributed by atoms with Crippen LogP contribution in [0.2, 0.25) is 0 Å². The molecule has 0 spiro atoms. The van der Waals surface area contributed by atoms with E-state index >= 15 is 0 Å². The average Bonchev–Trinajstić information content (AvgIpc) is 3.02. The Morgan fingerprint density at radius 1 is 0.931 bits per heavy atom. The van der Waals surface area contributed by atoms with E-state index in [2.05, 4.69) is 37.3 Å². The minimum absolute atomic E-state index is 0.0321. The van der Waals surface area contributed by atoms with Gasteiger partial charge in [-0.2, -0.15) is 0 Å². The Hall–Kier alpha value is -3.46. The van der Waals surface area contributed by atoms with Crippen molar-refractivity contribution < 1.29 is 4.79 Å². The van der Waals surface area contributed by atoms with E-state index in [1.54, 1.807) is 6.92 Å². The van der Waals surface area contributed by atoms with Crippen molar-refractivity contribution in [3.05, 3.63) is 94.3 Å². The summed E-state index contributed by atoms with van der Waals surface area (Å²) in [6.45, 7) is 3.65. The molecular formula is C26H21NO2. The smallest absolute Gasteiger partial charge is 0.259 e. The molecule has 0 saturated heterocycles. The number of pyridine rings is 1. The van der Waals surface area contributed by atoms with Crippen molar-refractivity contribution in [3.63, 3.8) is 0 Å². The number of benzene rings is 3. The zero-order chi connectivity index (χ0) is 20.1. The molecule has 142 valence electrons. The van der Waals surface area contributed by atoms with Crippen molar-refractivity contribution in [1.82, 2.24) is 4.57 Å². The molecule has 0 amide bonds. The van der Waals surface area contributed by atoms with Gasteiger partial charge in [0.2, 0.25) is 0 Å². The van der Waals surface area contributed by atoms with Gasteiger partial charge >= 0.3 is 0 Å². The molecule has 3 heteroatoms. The lowest BCUT2D eigenvalue weighted by atomic mass is 9.92. The summed E-state index contributed by atoms with van der Waals surface area (Å²) < 4.78 is 1.86. The fraction of sp³-hybridized carbons (Fsp3) is 0.154. The topological polar surface area (TPSA) is 39.1 Å². The Morgan fingerprint density at radius 2 is 1.62 bits per heavy atom. The van der Waals surface area contributed by atoms with Crippen LogP contribution in [0.4, 0.5) is 0 Å². The van der Waals surface area contributed by atoms with Crippen molar-refractivity contribution in [2.75, 3.05) is 0 Å². The van der Waals surface area contributed by atoms with Gasteiger partial charge in [-0.25, -0.2) is 0 Å². The van der Waals surface area contributed by atoms with E-state index in [0.717, 1.165) is 38.9 Å². The molecule has 5 rings (SSSR count). The van der Waals surface area contributed by atoms with Crippen LogP contribution in [0.15, 0.2) is 77.6 Å². The first-order valence-electron chi connectivity index (χ1n) is 9.89. The normalized spacial score (nSPS) is 14.6. The molecule has 0 N–H and O–H groups in total. The van der Waals surface area contributed by atoms with Crippen molar-refractivity contribution in [2.24, 2.45) is 0 Å². The highest BCUT2D eigenvalue weighted by molar-refractivity contribution is 6.04. The van der Waals surface area contributed by atoms with Crippen LogP contribution in [-0.4, -0.2) is 10.4 Å². The Kier molecular flexibility index (Phi) is 3.99. The third-order valence-electron chi connectivity index (χ3n) is 5.80. The first kappa shape index (κ1) is 17.6. The number of aryl methyl sites for hydroxylation is 1. The molecule has 3 aromatic carbocycles. The quantitative estimate of drug-likeness (QED) is 0.470. The van der Waals surface area contributed by atoms with Crippen molar-refractivity contribution in [3.8, 4) is 22.4 Å². The molecule has 1 unspecified atom stereocenters. The summed E-state index contributed by atoms with van der Waals surface area (Å²) in [5.74, 6) is 0.0793. The summed E-state index contributed by atoms with van der Waals surface area (Å²) in [4.78, 5) is 25.7. The van der Waals surface area contributed by atoms with E-state index in [0.29, 0.717) is 11.8 Å². The summed E-state index contributed by atoms with van der Waals surface area (Å²) in [6, 6.07) is 24.0. The lowest BCUT2D eigenvalue weighted by Crippen LogP contribution is -2.25. The number of Topliss-reactive ketones (excluding diaryl/α,β-unsaturated/α-hetero) is 1. The van der Waals surface area contributed by atoms with Crippen LogP contribution in [-0.2, 0) is 4.79 Å². The molecule has 0 bridgehead atoms. The molecule has 2 heterocycles. The van der Waals surface area contributed by atoms with Gasteiger partial charge < -0.3 is 0 Å². The molecule has 1 aromatic heterocycles. The highest BCUT2D eigenvalue weighted by Crippen LogP contribution is 2.47. The number of carbonyl (C=O) groups excluding carboxylic acids is 1. The standard InChI is InChI=1S/C26H21NO2/c1-16-12-13-19-22(14-16)25-24(18-8-4-3-5-9-18)20-10-6-7-11-21(20)26(29)27(25)23(19)15-17(2)28/h3-14,23H,15H2,1-2H3. The first-order chi connectivity index (χ1) is 14.1. The van der Waals surface area contributed by atoms with Gasteiger partial charge in [0.05, 0.1) is 11.7 Å². The van der Waals surface area contributed by atoms with Crippen LogP contribution in [0.3, 0.4) is 0 Å². The molecular weight excluding hydrogens is 358 g/mol. The summed E-state index contributed by atoms with van der Waals surface area (Å²) in [7, 11) is 0. The Labute approximate surface area is 169 Å². The molecule has 0 fully saturated rings. The zero-order valence-corrected chi connectivity index (χ0v) is 16.5. The minimum Gasteiger partial charge on any atom is -0.300 e. The van der Waals surface area contributed by atoms with Crippen molar-refractivity contribution in [1.29, 1.82) is 0 Å². The molecule has 1 aliphatic rings. The van der Waals surface area contributed by atoms with E-state index < -0.39 is 0 Å². The zero-order valence-electron chi connectivity index (χ0n) is 16.5. The predicted octanol–water partition coefficient (Wildman–Crippen LogP) is 5.53. The highest BCUT2D eigenvalue weighted by atomic mass is 16.1. The number of hydrogen-bond acceptors (Lipinski definition) is 2. The molecule has 29 heavy (non-hydrogen) atoms. The molecule has 0 aliphatic carbocycles. The van der Waals surface area contributed by atoms with Crippen molar-refractivity contribution >= 4 is 16.6 Å². The monoisotopic (exact) mass is 379 g/mol. The largest absolute Gasteiger partial charge is 0.300 e. The van der Waals surface area contributed by atoms with Crippen LogP contribution < -0.4 is 5.56 Å². The third kappa shape index (κ3) is 2.65. The van der Waals surface area contributed by atoms with Gasteiger partial charge in [0.25, 0.3) is 5.56 Å². The molecule has 1 atom stereocenters. The maximum Gasteiger partial charge on any atom is 0.259 e. The summed E-state index contributed by atoms with van der Waals surface area (Å²) in [5.41, 5.74) is 6.26. The summed E-state index contributed by atoms with van der Waals surface area (Å²) >= 11 is 0. The van der Waals surface area contributed by atoms with Gasteiger partial charge in [-0.15, -0.1) is 0 Å². The maximum atomic E-state index is 13.6.